The lowest BCUT2D eigenvalue weighted by atomic mass is 10.3. The van der Waals surface area contributed by atoms with Crippen LogP contribution in [0.25, 0.3) is 4.98 Å². The van der Waals surface area contributed by atoms with Crippen molar-refractivity contribution in [3.63, 3.8) is 0 Å². The summed E-state index contributed by atoms with van der Waals surface area (Å²) >= 11 is 0. The van der Waals surface area contributed by atoms with Gasteiger partial charge in [-0.05, 0) is 6.07 Å². The highest BCUT2D eigenvalue weighted by atomic mass is 15.1. The summed E-state index contributed by atoms with van der Waals surface area (Å²) < 4.78 is 0. The van der Waals surface area contributed by atoms with Gasteiger partial charge in [-0.25, -0.2) is 0 Å². The van der Waals surface area contributed by atoms with E-state index < -0.39 is 0 Å². The van der Waals surface area contributed by atoms with Gasteiger partial charge in [0.2, 0.25) is 5.39 Å². The molecule has 0 bridgehead atoms. The summed E-state index contributed by atoms with van der Waals surface area (Å²) in [5.41, 5.74) is 1.33. The summed E-state index contributed by atoms with van der Waals surface area (Å²) in [5, 5.41) is 8.53. The molecule has 0 atom stereocenters. The van der Waals surface area contributed by atoms with Crippen molar-refractivity contribution >= 4 is 11.4 Å². The SMILES string of the molecule is CN(C)c1ccncc1[N+]#N. The Morgan fingerprint density at radius 1 is 1.55 bits per heavy atom. The van der Waals surface area contributed by atoms with E-state index in [2.05, 4.69) is 9.96 Å². The number of pyridine rings is 1. The number of aromatic nitrogens is 1. The predicted molar refractivity (Wildman–Crippen MR) is 43.3 cm³/mol. The molecule has 1 heterocycles. The fourth-order valence-corrected chi connectivity index (χ4v) is 0.834. The zero-order valence-electron chi connectivity index (χ0n) is 6.52. The Morgan fingerprint density at radius 3 is 2.73 bits per heavy atom. The van der Waals surface area contributed by atoms with Crippen LogP contribution < -0.4 is 4.90 Å². The molecule has 0 unspecified atom stereocenters. The van der Waals surface area contributed by atoms with Crippen molar-refractivity contribution in [2.24, 2.45) is 0 Å². The number of nitrogens with zero attached hydrogens (tertiary/aromatic N) is 4. The Morgan fingerprint density at radius 2 is 2.27 bits per heavy atom. The lowest BCUT2D eigenvalue weighted by Crippen LogP contribution is -2.08. The van der Waals surface area contributed by atoms with Crippen LogP contribution in [0.2, 0.25) is 0 Å². The first-order valence-electron chi connectivity index (χ1n) is 3.22. The van der Waals surface area contributed by atoms with Crippen LogP contribution in [0.15, 0.2) is 18.5 Å². The number of anilines is 1. The van der Waals surface area contributed by atoms with Crippen LogP contribution >= 0.6 is 0 Å². The van der Waals surface area contributed by atoms with E-state index in [0.29, 0.717) is 5.69 Å². The Bertz CT molecular complexity index is 287. The molecule has 0 N–H and O–H groups in total. The third-order valence-corrected chi connectivity index (χ3v) is 1.37. The van der Waals surface area contributed by atoms with Crippen LogP contribution in [-0.4, -0.2) is 19.1 Å². The van der Waals surface area contributed by atoms with Crippen molar-refractivity contribution in [3.05, 3.63) is 23.4 Å². The molecule has 1 aromatic heterocycles. The third-order valence-electron chi connectivity index (χ3n) is 1.37. The maximum Gasteiger partial charge on any atom is 0.425 e. The molecule has 1 aromatic rings. The van der Waals surface area contributed by atoms with Crippen molar-refractivity contribution in [2.75, 3.05) is 19.0 Å². The first kappa shape index (κ1) is 7.48. The fourth-order valence-electron chi connectivity index (χ4n) is 0.834. The quantitative estimate of drug-likeness (QED) is 0.570. The summed E-state index contributed by atoms with van der Waals surface area (Å²) in [6.07, 6.45) is 3.17. The van der Waals surface area contributed by atoms with Gasteiger partial charge < -0.3 is 4.90 Å². The van der Waals surface area contributed by atoms with Gasteiger partial charge in [-0.1, -0.05) is 0 Å². The average Bonchev–Trinajstić information content (AvgIpc) is 2.04. The van der Waals surface area contributed by atoms with Gasteiger partial charge in [0.05, 0.1) is 0 Å². The average molecular weight is 149 g/mol. The molecule has 56 valence electrons. The molecule has 0 saturated heterocycles. The summed E-state index contributed by atoms with van der Waals surface area (Å²) in [7, 11) is 3.76. The fraction of sp³-hybridized carbons (Fsp3) is 0.286. The molecule has 0 radical (unpaired) electrons. The Hall–Kier alpha value is -1.63. The van der Waals surface area contributed by atoms with Gasteiger partial charge in [0.25, 0.3) is 0 Å². The second-order valence-electron chi connectivity index (χ2n) is 2.36. The first-order valence-corrected chi connectivity index (χ1v) is 3.22. The second kappa shape index (κ2) is 2.97. The van der Waals surface area contributed by atoms with Crippen molar-refractivity contribution in [1.29, 1.82) is 5.39 Å². The molecule has 0 fully saturated rings. The number of hydrogen-bond donors (Lipinski definition) is 0. The lowest BCUT2D eigenvalue weighted by molar-refractivity contribution is 1.12. The van der Waals surface area contributed by atoms with Crippen LogP contribution in [0.1, 0.15) is 0 Å². The van der Waals surface area contributed by atoms with Crippen LogP contribution in [0.3, 0.4) is 0 Å². The standard InChI is InChI=1S/C7H9N4/c1-11(2)7-3-4-9-5-6(7)10-8/h3-5H,1-2H3/q+1. The van der Waals surface area contributed by atoms with Gasteiger partial charge in [-0.15, -0.1) is 0 Å². The maximum absolute atomic E-state index is 8.53. The summed E-state index contributed by atoms with van der Waals surface area (Å²) in [4.78, 5) is 8.76. The Kier molecular flexibility index (Phi) is 2.02. The minimum absolute atomic E-state index is 0.484. The molecule has 4 heteroatoms. The molecule has 0 aromatic carbocycles. The summed E-state index contributed by atoms with van der Waals surface area (Å²) in [6.45, 7) is 0. The van der Waals surface area contributed by atoms with E-state index in [9.17, 15) is 0 Å². The van der Waals surface area contributed by atoms with Crippen molar-refractivity contribution in [2.45, 2.75) is 0 Å². The summed E-state index contributed by atoms with van der Waals surface area (Å²) in [6, 6.07) is 1.79. The molecular weight excluding hydrogens is 140 g/mol. The van der Waals surface area contributed by atoms with Crippen LogP contribution in [0.4, 0.5) is 11.4 Å². The third kappa shape index (κ3) is 1.44. The highest BCUT2D eigenvalue weighted by molar-refractivity contribution is 5.68. The van der Waals surface area contributed by atoms with E-state index in [1.54, 1.807) is 12.3 Å². The van der Waals surface area contributed by atoms with Crippen molar-refractivity contribution < 1.29 is 0 Å². The first-order chi connectivity index (χ1) is 5.25. The van der Waals surface area contributed by atoms with Gasteiger partial charge in [0.1, 0.15) is 11.9 Å². The van der Waals surface area contributed by atoms with Crippen LogP contribution in [0, 0.1) is 5.39 Å². The van der Waals surface area contributed by atoms with Gasteiger partial charge >= 0.3 is 5.69 Å². The number of rotatable bonds is 1. The molecular formula is C7H9N4+. The van der Waals surface area contributed by atoms with Crippen molar-refractivity contribution in [1.82, 2.24) is 4.98 Å². The molecule has 0 aliphatic rings. The second-order valence-corrected chi connectivity index (χ2v) is 2.36. The Balaban J connectivity index is 3.15. The zero-order chi connectivity index (χ0) is 8.27. The van der Waals surface area contributed by atoms with Gasteiger partial charge in [0, 0.05) is 20.3 Å². The topological polar surface area (TPSA) is 44.3 Å². The van der Waals surface area contributed by atoms with E-state index in [1.807, 2.05) is 19.0 Å². The van der Waals surface area contributed by atoms with Gasteiger partial charge in [-0.3, -0.25) is 4.98 Å². The van der Waals surface area contributed by atoms with Gasteiger partial charge in [-0.2, -0.15) is 0 Å². The number of diazo groups is 1. The molecule has 4 nitrogen and oxygen atoms in total. The van der Waals surface area contributed by atoms with E-state index in [0.717, 1.165) is 5.69 Å². The predicted octanol–water partition coefficient (Wildman–Crippen LogP) is 1.63. The normalized spacial score (nSPS) is 8.82. The highest BCUT2D eigenvalue weighted by Crippen LogP contribution is 2.24. The molecule has 0 aliphatic heterocycles. The summed E-state index contributed by atoms with van der Waals surface area (Å²) in [5.74, 6) is 0. The number of hydrogen-bond acceptors (Lipinski definition) is 3. The minimum atomic E-state index is 0.484. The van der Waals surface area contributed by atoms with E-state index in [4.69, 9.17) is 5.39 Å². The highest BCUT2D eigenvalue weighted by Gasteiger charge is 2.13. The zero-order valence-corrected chi connectivity index (χ0v) is 6.52. The maximum atomic E-state index is 8.53. The van der Waals surface area contributed by atoms with E-state index in [1.165, 1.54) is 6.20 Å². The molecule has 0 spiro atoms. The van der Waals surface area contributed by atoms with Crippen molar-refractivity contribution in [3.8, 4) is 0 Å². The minimum Gasteiger partial charge on any atom is -0.371 e. The largest absolute Gasteiger partial charge is 0.425 e. The Labute approximate surface area is 65.1 Å². The molecule has 11 heavy (non-hydrogen) atoms. The van der Waals surface area contributed by atoms with E-state index in [-0.39, 0.29) is 0 Å². The van der Waals surface area contributed by atoms with Crippen LogP contribution in [0.5, 0.6) is 0 Å². The monoisotopic (exact) mass is 149 g/mol. The molecule has 0 aliphatic carbocycles. The van der Waals surface area contributed by atoms with Gasteiger partial charge in [0.15, 0.2) is 4.98 Å². The van der Waals surface area contributed by atoms with E-state index >= 15 is 0 Å². The lowest BCUT2D eigenvalue weighted by Gasteiger charge is -2.07. The molecule has 1 rings (SSSR count). The molecule has 0 saturated carbocycles. The van der Waals surface area contributed by atoms with Crippen LogP contribution in [-0.2, 0) is 0 Å². The smallest absolute Gasteiger partial charge is 0.371 e. The molecule has 0 amide bonds.